The van der Waals surface area contributed by atoms with E-state index in [4.69, 9.17) is 0 Å². The van der Waals surface area contributed by atoms with Crippen LogP contribution in [0.2, 0.25) is 0 Å². The molecule has 0 aliphatic carbocycles. The minimum Gasteiger partial charge on any atom is -0.345 e. The molecule has 0 radical (unpaired) electrons. The number of H-pyrrole nitrogens is 1. The van der Waals surface area contributed by atoms with Gasteiger partial charge in [-0.1, -0.05) is 6.07 Å². The summed E-state index contributed by atoms with van der Waals surface area (Å²) < 4.78 is 14.6. The standard InChI is InChI=1S/C23H22FN5O2/c1-14(26-22(30)15-4-10-20-19(12-15)27-23(31)29(20)3)16-5-11-21(25-13-16)28(2)18-8-6-17(24)7-9-18/h4-14H,1-3H3,(H,26,30)(H,27,31). The summed E-state index contributed by atoms with van der Waals surface area (Å²) in [5, 5.41) is 2.95. The lowest BCUT2D eigenvalue weighted by atomic mass is 10.1. The van der Waals surface area contributed by atoms with Gasteiger partial charge in [-0.2, -0.15) is 0 Å². The number of rotatable bonds is 5. The number of aromatic amines is 1. The van der Waals surface area contributed by atoms with Crippen LogP contribution in [0.3, 0.4) is 0 Å². The molecule has 0 saturated carbocycles. The number of pyridine rings is 1. The maximum absolute atomic E-state index is 13.1. The molecule has 1 amide bonds. The van der Waals surface area contributed by atoms with E-state index in [-0.39, 0.29) is 23.5 Å². The molecule has 4 aromatic rings. The van der Waals surface area contributed by atoms with Gasteiger partial charge in [-0.15, -0.1) is 0 Å². The van der Waals surface area contributed by atoms with Crippen molar-refractivity contribution in [3.8, 4) is 0 Å². The van der Waals surface area contributed by atoms with Crippen molar-refractivity contribution < 1.29 is 9.18 Å². The Morgan fingerprint density at radius 1 is 1.16 bits per heavy atom. The fourth-order valence-corrected chi connectivity index (χ4v) is 3.39. The van der Waals surface area contributed by atoms with E-state index in [1.807, 2.05) is 31.0 Å². The maximum Gasteiger partial charge on any atom is 0.326 e. The normalized spacial score (nSPS) is 12.0. The summed E-state index contributed by atoms with van der Waals surface area (Å²) in [4.78, 5) is 33.5. The third kappa shape index (κ3) is 4.05. The Balaban J connectivity index is 1.47. The molecule has 4 rings (SSSR count). The zero-order chi connectivity index (χ0) is 22.1. The van der Waals surface area contributed by atoms with Gasteiger partial charge in [-0.25, -0.2) is 14.2 Å². The second-order valence-electron chi connectivity index (χ2n) is 7.40. The van der Waals surface area contributed by atoms with Gasteiger partial charge in [0.25, 0.3) is 5.91 Å². The molecule has 0 fully saturated rings. The molecule has 0 spiro atoms. The number of carbonyl (C=O) groups is 1. The van der Waals surface area contributed by atoms with Crippen molar-refractivity contribution in [2.24, 2.45) is 7.05 Å². The Labute approximate surface area is 178 Å². The predicted molar refractivity (Wildman–Crippen MR) is 118 cm³/mol. The fraction of sp³-hybridized carbons (Fsp3) is 0.174. The number of carbonyl (C=O) groups excluding carboxylic acids is 1. The van der Waals surface area contributed by atoms with Gasteiger partial charge >= 0.3 is 5.69 Å². The van der Waals surface area contributed by atoms with Crippen LogP contribution in [0.1, 0.15) is 28.9 Å². The quantitative estimate of drug-likeness (QED) is 0.517. The van der Waals surface area contributed by atoms with Crippen LogP contribution in [-0.2, 0) is 7.05 Å². The minimum atomic E-state index is -0.289. The van der Waals surface area contributed by atoms with Crippen LogP contribution in [-0.4, -0.2) is 27.5 Å². The predicted octanol–water partition coefficient (Wildman–Crippen LogP) is 3.66. The van der Waals surface area contributed by atoms with Gasteiger partial charge in [-0.3, -0.25) is 9.36 Å². The van der Waals surface area contributed by atoms with Gasteiger partial charge in [-0.05, 0) is 61.0 Å². The van der Waals surface area contributed by atoms with Crippen LogP contribution in [0, 0.1) is 5.82 Å². The molecule has 2 heterocycles. The summed E-state index contributed by atoms with van der Waals surface area (Å²) in [6, 6.07) is 14.8. The van der Waals surface area contributed by atoms with E-state index >= 15 is 0 Å². The van der Waals surface area contributed by atoms with Gasteiger partial charge < -0.3 is 15.2 Å². The number of halogens is 1. The Morgan fingerprint density at radius 3 is 2.58 bits per heavy atom. The molecule has 7 nitrogen and oxygen atoms in total. The largest absolute Gasteiger partial charge is 0.345 e. The molecule has 158 valence electrons. The Morgan fingerprint density at radius 2 is 1.90 bits per heavy atom. The summed E-state index contributed by atoms with van der Waals surface area (Å²) in [6.07, 6.45) is 1.71. The van der Waals surface area contributed by atoms with Crippen molar-refractivity contribution >= 4 is 28.4 Å². The first kappa shape index (κ1) is 20.3. The molecule has 0 saturated heterocycles. The molecule has 2 aromatic carbocycles. The highest BCUT2D eigenvalue weighted by Gasteiger charge is 2.14. The zero-order valence-corrected chi connectivity index (χ0v) is 17.4. The Kier molecular flexibility index (Phi) is 5.29. The average Bonchev–Trinajstić information content (AvgIpc) is 3.06. The van der Waals surface area contributed by atoms with E-state index < -0.39 is 0 Å². The molecule has 0 aliphatic rings. The van der Waals surface area contributed by atoms with Crippen LogP contribution in [0.25, 0.3) is 11.0 Å². The van der Waals surface area contributed by atoms with Gasteiger partial charge in [0.2, 0.25) is 0 Å². The summed E-state index contributed by atoms with van der Waals surface area (Å²) in [7, 11) is 3.53. The van der Waals surface area contributed by atoms with E-state index in [9.17, 15) is 14.0 Å². The number of hydrogen-bond donors (Lipinski definition) is 2. The van der Waals surface area contributed by atoms with Gasteiger partial charge in [0, 0.05) is 31.5 Å². The summed E-state index contributed by atoms with van der Waals surface area (Å²) in [6.45, 7) is 1.88. The highest BCUT2D eigenvalue weighted by atomic mass is 19.1. The van der Waals surface area contributed by atoms with Crippen LogP contribution in [0.5, 0.6) is 0 Å². The Bertz CT molecular complexity index is 1290. The summed E-state index contributed by atoms with van der Waals surface area (Å²) in [5.41, 5.74) is 3.25. The first-order valence-electron chi connectivity index (χ1n) is 9.78. The van der Waals surface area contributed by atoms with Crippen LogP contribution >= 0.6 is 0 Å². The molecular formula is C23H22FN5O2. The first-order chi connectivity index (χ1) is 14.8. The molecule has 0 bridgehead atoms. The van der Waals surface area contributed by atoms with Gasteiger partial charge in [0.15, 0.2) is 0 Å². The van der Waals surface area contributed by atoms with Crippen LogP contribution in [0.4, 0.5) is 15.9 Å². The number of aryl methyl sites for hydroxylation is 1. The number of fused-ring (bicyclic) bond motifs is 1. The molecule has 1 atom stereocenters. The third-order valence-corrected chi connectivity index (χ3v) is 5.34. The first-order valence-corrected chi connectivity index (χ1v) is 9.78. The van der Waals surface area contributed by atoms with Crippen molar-refractivity contribution in [1.29, 1.82) is 0 Å². The van der Waals surface area contributed by atoms with Crippen molar-refractivity contribution in [2.45, 2.75) is 13.0 Å². The van der Waals surface area contributed by atoms with Gasteiger partial charge in [0.05, 0.1) is 17.1 Å². The number of hydrogen-bond acceptors (Lipinski definition) is 4. The second-order valence-corrected chi connectivity index (χ2v) is 7.40. The number of nitrogens with zero attached hydrogens (tertiary/aromatic N) is 3. The Hall–Kier alpha value is -3.94. The molecule has 2 N–H and O–H groups in total. The van der Waals surface area contributed by atoms with Crippen molar-refractivity contribution in [1.82, 2.24) is 19.9 Å². The molecule has 8 heteroatoms. The van der Waals surface area contributed by atoms with Gasteiger partial charge in [0.1, 0.15) is 11.6 Å². The molecule has 1 unspecified atom stereocenters. The lowest BCUT2D eigenvalue weighted by Crippen LogP contribution is -2.26. The van der Waals surface area contributed by atoms with E-state index in [0.717, 1.165) is 16.8 Å². The smallest absolute Gasteiger partial charge is 0.326 e. The second kappa shape index (κ2) is 8.06. The van der Waals surface area contributed by atoms with Crippen LogP contribution in [0.15, 0.2) is 65.6 Å². The highest BCUT2D eigenvalue weighted by molar-refractivity contribution is 5.97. The molecule has 2 aromatic heterocycles. The average molecular weight is 419 g/mol. The molecular weight excluding hydrogens is 397 g/mol. The van der Waals surface area contributed by atoms with E-state index in [1.165, 1.54) is 16.7 Å². The number of imidazole rings is 1. The van der Waals surface area contributed by atoms with E-state index in [1.54, 1.807) is 43.6 Å². The fourth-order valence-electron chi connectivity index (χ4n) is 3.39. The topological polar surface area (TPSA) is 83.0 Å². The number of aromatic nitrogens is 3. The lowest BCUT2D eigenvalue weighted by Gasteiger charge is -2.20. The van der Waals surface area contributed by atoms with Crippen LogP contribution < -0.4 is 15.9 Å². The SMILES string of the molecule is CC(NC(=O)c1ccc2c(c1)[nH]c(=O)n2C)c1ccc(N(C)c2ccc(F)cc2)nc1. The molecule has 31 heavy (non-hydrogen) atoms. The number of anilines is 2. The monoisotopic (exact) mass is 419 g/mol. The minimum absolute atomic E-state index is 0.224. The maximum atomic E-state index is 13.1. The van der Waals surface area contributed by atoms with E-state index in [0.29, 0.717) is 16.9 Å². The van der Waals surface area contributed by atoms with Crippen molar-refractivity contribution in [2.75, 3.05) is 11.9 Å². The number of benzene rings is 2. The molecule has 0 aliphatic heterocycles. The summed E-state index contributed by atoms with van der Waals surface area (Å²) in [5.74, 6) is 0.168. The number of amides is 1. The zero-order valence-electron chi connectivity index (χ0n) is 17.4. The van der Waals surface area contributed by atoms with Crippen molar-refractivity contribution in [3.63, 3.8) is 0 Å². The van der Waals surface area contributed by atoms with Crippen molar-refractivity contribution in [3.05, 3.63) is 88.2 Å². The number of nitrogens with one attached hydrogen (secondary N) is 2. The lowest BCUT2D eigenvalue weighted by molar-refractivity contribution is 0.0940. The summed E-state index contributed by atoms with van der Waals surface area (Å²) >= 11 is 0. The van der Waals surface area contributed by atoms with E-state index in [2.05, 4.69) is 15.3 Å². The highest BCUT2D eigenvalue weighted by Crippen LogP contribution is 2.23. The third-order valence-electron chi connectivity index (χ3n) is 5.34.